The number of anilines is 1. The van der Waals surface area contributed by atoms with Gasteiger partial charge in [0.1, 0.15) is 0 Å². The Bertz CT molecular complexity index is 1040. The molecule has 8 heteroatoms. The molecule has 150 valence electrons. The van der Waals surface area contributed by atoms with Gasteiger partial charge >= 0.3 is 5.69 Å². The molecule has 2 aromatic carbocycles. The standard InChI is InChI=1S/C21H22N4O3S/c1-2-3-13-25-20(28)23-24-21(25)29-14-18(26)22-17-12-8-7-11-16(17)19(27)15-9-5-4-6-10-15/h4-12H,2-3,13-14H2,1H3,(H,22,26)(H,23,28). The zero-order valence-electron chi connectivity index (χ0n) is 16.1. The van der Waals surface area contributed by atoms with E-state index >= 15 is 0 Å². The fourth-order valence-corrected chi connectivity index (χ4v) is 3.55. The summed E-state index contributed by atoms with van der Waals surface area (Å²) in [7, 11) is 0. The van der Waals surface area contributed by atoms with Crippen LogP contribution in [0.15, 0.2) is 64.5 Å². The van der Waals surface area contributed by atoms with Crippen molar-refractivity contribution in [2.24, 2.45) is 0 Å². The van der Waals surface area contributed by atoms with Gasteiger partial charge in [-0.1, -0.05) is 67.6 Å². The van der Waals surface area contributed by atoms with Crippen molar-refractivity contribution in [1.29, 1.82) is 0 Å². The Labute approximate surface area is 172 Å². The van der Waals surface area contributed by atoms with E-state index in [9.17, 15) is 14.4 Å². The molecule has 3 rings (SSSR count). The summed E-state index contributed by atoms with van der Waals surface area (Å²) >= 11 is 1.18. The third kappa shape index (κ3) is 5.23. The van der Waals surface area contributed by atoms with Gasteiger partial charge < -0.3 is 5.32 Å². The average molecular weight is 410 g/mol. The molecule has 0 atom stereocenters. The molecule has 2 N–H and O–H groups in total. The first-order valence-corrected chi connectivity index (χ1v) is 10.4. The number of para-hydroxylation sites is 1. The molecule has 0 unspecified atom stereocenters. The summed E-state index contributed by atoms with van der Waals surface area (Å²) in [6.45, 7) is 2.60. The number of nitrogens with zero attached hydrogens (tertiary/aromatic N) is 2. The summed E-state index contributed by atoms with van der Waals surface area (Å²) < 4.78 is 1.54. The zero-order chi connectivity index (χ0) is 20.6. The molecule has 0 aliphatic carbocycles. The second-order valence-electron chi connectivity index (χ2n) is 6.39. The van der Waals surface area contributed by atoms with Gasteiger partial charge in [-0.3, -0.25) is 14.2 Å². The lowest BCUT2D eigenvalue weighted by Crippen LogP contribution is -2.19. The lowest BCUT2D eigenvalue weighted by Gasteiger charge is -2.10. The second kappa shape index (κ2) is 9.88. The first-order chi connectivity index (χ1) is 14.1. The number of unbranched alkanes of at least 4 members (excludes halogenated alkanes) is 1. The normalized spacial score (nSPS) is 10.7. The maximum Gasteiger partial charge on any atom is 0.343 e. The van der Waals surface area contributed by atoms with E-state index < -0.39 is 0 Å². The number of carbonyl (C=O) groups is 2. The molecule has 1 heterocycles. The van der Waals surface area contributed by atoms with Crippen LogP contribution >= 0.6 is 11.8 Å². The van der Waals surface area contributed by atoms with Crippen molar-refractivity contribution in [3.8, 4) is 0 Å². The molecule has 0 bridgehead atoms. The Hall–Kier alpha value is -3.13. The number of rotatable bonds is 9. The number of H-pyrrole nitrogens is 1. The number of benzene rings is 2. The second-order valence-corrected chi connectivity index (χ2v) is 7.34. The van der Waals surface area contributed by atoms with Crippen LogP contribution in [0, 0.1) is 0 Å². The number of carbonyl (C=O) groups excluding carboxylic acids is 2. The Morgan fingerprint density at radius 1 is 1.10 bits per heavy atom. The van der Waals surface area contributed by atoms with E-state index in [0.29, 0.717) is 28.5 Å². The molecular formula is C21H22N4O3S. The van der Waals surface area contributed by atoms with Crippen molar-refractivity contribution in [2.45, 2.75) is 31.5 Å². The van der Waals surface area contributed by atoms with Crippen LogP contribution < -0.4 is 11.0 Å². The van der Waals surface area contributed by atoms with Crippen molar-refractivity contribution in [1.82, 2.24) is 14.8 Å². The molecule has 3 aromatic rings. The molecule has 0 aliphatic rings. The minimum Gasteiger partial charge on any atom is -0.325 e. The van der Waals surface area contributed by atoms with Crippen LogP contribution in [0.1, 0.15) is 35.7 Å². The lowest BCUT2D eigenvalue weighted by molar-refractivity contribution is -0.113. The van der Waals surface area contributed by atoms with Crippen LogP contribution in [0.5, 0.6) is 0 Å². The maximum atomic E-state index is 12.8. The summed E-state index contributed by atoms with van der Waals surface area (Å²) in [5.41, 5.74) is 1.16. The quantitative estimate of drug-likeness (QED) is 0.417. The van der Waals surface area contributed by atoms with Gasteiger partial charge in [-0.05, 0) is 18.6 Å². The third-order valence-electron chi connectivity index (χ3n) is 4.27. The highest BCUT2D eigenvalue weighted by molar-refractivity contribution is 7.99. The third-order valence-corrected chi connectivity index (χ3v) is 5.25. The number of aromatic amines is 1. The van der Waals surface area contributed by atoms with Gasteiger partial charge in [-0.25, -0.2) is 9.89 Å². The van der Waals surface area contributed by atoms with E-state index in [1.165, 1.54) is 16.3 Å². The number of aromatic nitrogens is 3. The lowest BCUT2D eigenvalue weighted by atomic mass is 10.0. The molecule has 1 amide bonds. The van der Waals surface area contributed by atoms with Crippen LogP contribution in [0.4, 0.5) is 5.69 Å². The van der Waals surface area contributed by atoms with Gasteiger partial charge in [-0.2, -0.15) is 0 Å². The van der Waals surface area contributed by atoms with Gasteiger partial charge in [0, 0.05) is 17.7 Å². The van der Waals surface area contributed by atoms with E-state index in [1.807, 2.05) is 13.0 Å². The highest BCUT2D eigenvalue weighted by Crippen LogP contribution is 2.20. The van der Waals surface area contributed by atoms with E-state index in [4.69, 9.17) is 0 Å². The fraction of sp³-hybridized carbons (Fsp3) is 0.238. The molecule has 0 fully saturated rings. The molecule has 29 heavy (non-hydrogen) atoms. The van der Waals surface area contributed by atoms with Crippen LogP contribution in [0.3, 0.4) is 0 Å². The van der Waals surface area contributed by atoms with Gasteiger partial charge in [-0.15, -0.1) is 5.10 Å². The molecule has 0 spiro atoms. The summed E-state index contributed by atoms with van der Waals surface area (Å²) in [6.07, 6.45) is 1.81. The zero-order valence-corrected chi connectivity index (χ0v) is 16.9. The predicted molar refractivity (Wildman–Crippen MR) is 113 cm³/mol. The SMILES string of the molecule is CCCCn1c(SCC(=O)Nc2ccccc2C(=O)c2ccccc2)n[nH]c1=O. The van der Waals surface area contributed by atoms with Crippen LogP contribution in [-0.4, -0.2) is 32.2 Å². The number of thioether (sulfide) groups is 1. The van der Waals surface area contributed by atoms with Crippen molar-refractivity contribution >= 4 is 29.1 Å². The highest BCUT2D eigenvalue weighted by atomic mass is 32.2. The Morgan fingerprint density at radius 3 is 2.59 bits per heavy atom. The van der Waals surface area contributed by atoms with Gasteiger partial charge in [0.15, 0.2) is 10.9 Å². The van der Waals surface area contributed by atoms with E-state index in [-0.39, 0.29) is 23.1 Å². The summed E-state index contributed by atoms with van der Waals surface area (Å²) in [5, 5.41) is 9.68. The Morgan fingerprint density at radius 2 is 1.83 bits per heavy atom. The molecule has 0 aliphatic heterocycles. The molecule has 0 saturated carbocycles. The van der Waals surface area contributed by atoms with Crippen molar-refractivity contribution in [3.63, 3.8) is 0 Å². The van der Waals surface area contributed by atoms with Crippen LogP contribution in [0.2, 0.25) is 0 Å². The molecule has 0 saturated heterocycles. The molecule has 7 nitrogen and oxygen atoms in total. The van der Waals surface area contributed by atoms with Crippen LogP contribution in [0.25, 0.3) is 0 Å². The van der Waals surface area contributed by atoms with Crippen molar-refractivity contribution < 1.29 is 9.59 Å². The van der Waals surface area contributed by atoms with E-state index in [0.717, 1.165) is 12.8 Å². The Kier molecular flexibility index (Phi) is 7.02. The van der Waals surface area contributed by atoms with Gasteiger partial charge in [0.2, 0.25) is 5.91 Å². The highest BCUT2D eigenvalue weighted by Gasteiger charge is 2.16. The molecule has 1 aromatic heterocycles. The maximum absolute atomic E-state index is 12.8. The topological polar surface area (TPSA) is 96.8 Å². The van der Waals surface area contributed by atoms with Crippen LogP contribution in [-0.2, 0) is 11.3 Å². The van der Waals surface area contributed by atoms with Crippen molar-refractivity contribution in [2.75, 3.05) is 11.1 Å². The largest absolute Gasteiger partial charge is 0.343 e. The summed E-state index contributed by atoms with van der Waals surface area (Å²) in [4.78, 5) is 37.1. The number of nitrogens with one attached hydrogen (secondary N) is 2. The first-order valence-electron chi connectivity index (χ1n) is 9.36. The average Bonchev–Trinajstić information content (AvgIpc) is 3.10. The van der Waals surface area contributed by atoms with E-state index in [1.54, 1.807) is 48.5 Å². The molecule has 0 radical (unpaired) electrons. The summed E-state index contributed by atoms with van der Waals surface area (Å²) in [6, 6.07) is 15.8. The monoisotopic (exact) mass is 410 g/mol. The van der Waals surface area contributed by atoms with Crippen molar-refractivity contribution in [3.05, 3.63) is 76.2 Å². The smallest absolute Gasteiger partial charge is 0.325 e. The number of amides is 1. The minimum absolute atomic E-state index is 0.0737. The van der Waals surface area contributed by atoms with E-state index in [2.05, 4.69) is 15.5 Å². The fourth-order valence-electron chi connectivity index (χ4n) is 2.78. The number of hydrogen-bond acceptors (Lipinski definition) is 5. The predicted octanol–water partition coefficient (Wildman–Crippen LogP) is 3.33. The number of hydrogen-bond donors (Lipinski definition) is 2. The van der Waals surface area contributed by atoms with Gasteiger partial charge in [0.05, 0.1) is 11.4 Å². The summed E-state index contributed by atoms with van der Waals surface area (Å²) in [5.74, 6) is -0.361. The molecular weight excluding hydrogens is 388 g/mol. The first kappa shape index (κ1) is 20.6. The number of ketones is 1. The van der Waals surface area contributed by atoms with Gasteiger partial charge in [0.25, 0.3) is 0 Å². The minimum atomic E-state index is -0.278. The Balaban J connectivity index is 1.68.